The van der Waals surface area contributed by atoms with Crippen molar-refractivity contribution < 1.29 is 13.6 Å². The fourth-order valence-electron chi connectivity index (χ4n) is 1.93. The maximum absolute atomic E-state index is 13.2. The third kappa shape index (κ3) is 3.03. The fraction of sp³-hybridized carbons (Fsp3) is 0.0667. The summed E-state index contributed by atoms with van der Waals surface area (Å²) in [6.07, 6.45) is 0. The van der Waals surface area contributed by atoms with Crippen LogP contribution in [-0.4, -0.2) is 26.0 Å². The van der Waals surface area contributed by atoms with E-state index in [2.05, 4.69) is 15.4 Å². The molecule has 0 aliphatic rings. The maximum Gasteiger partial charge on any atom is 0.205 e. The fourth-order valence-corrected chi connectivity index (χ4v) is 1.93. The summed E-state index contributed by atoms with van der Waals surface area (Å²) in [5, 5.41) is 11.6. The predicted octanol–water partition coefficient (Wildman–Crippen LogP) is 2.50. The highest BCUT2D eigenvalue weighted by atomic mass is 19.1. The molecule has 2 aromatic carbocycles. The van der Waals surface area contributed by atoms with Crippen LogP contribution in [0.5, 0.6) is 0 Å². The molecule has 3 aromatic rings. The predicted molar refractivity (Wildman–Crippen MR) is 73.9 cm³/mol. The molecule has 0 aliphatic heterocycles. The lowest BCUT2D eigenvalue weighted by molar-refractivity contribution is 0.0961. The van der Waals surface area contributed by atoms with E-state index >= 15 is 0 Å². The van der Waals surface area contributed by atoms with E-state index in [9.17, 15) is 13.6 Å². The van der Waals surface area contributed by atoms with Crippen molar-refractivity contribution in [3.8, 4) is 11.4 Å². The summed E-state index contributed by atoms with van der Waals surface area (Å²) >= 11 is 0. The molecule has 0 bridgehead atoms. The molecule has 0 spiro atoms. The molecule has 1 aromatic heterocycles. The van der Waals surface area contributed by atoms with Crippen molar-refractivity contribution in [1.82, 2.24) is 20.2 Å². The van der Waals surface area contributed by atoms with E-state index in [-0.39, 0.29) is 23.7 Å². The molecule has 0 aliphatic carbocycles. The number of carbonyl (C=O) groups is 1. The first-order valence-corrected chi connectivity index (χ1v) is 6.44. The number of benzene rings is 2. The Bertz CT molecular complexity index is 832. The van der Waals surface area contributed by atoms with Crippen molar-refractivity contribution in [2.45, 2.75) is 6.54 Å². The molecule has 0 N–H and O–H groups in total. The van der Waals surface area contributed by atoms with Crippen LogP contribution < -0.4 is 0 Å². The summed E-state index contributed by atoms with van der Waals surface area (Å²) in [4.78, 5) is 13.1. The molecule has 0 unspecified atom stereocenters. The van der Waals surface area contributed by atoms with Crippen LogP contribution in [0.25, 0.3) is 11.4 Å². The molecule has 0 saturated carbocycles. The Morgan fingerprint density at radius 1 is 1.05 bits per heavy atom. The summed E-state index contributed by atoms with van der Waals surface area (Å²) in [5.41, 5.74) is 0.689. The van der Waals surface area contributed by atoms with Crippen molar-refractivity contribution in [2.24, 2.45) is 0 Å². The standard InChI is InChI=1S/C15H10F2N4O/c16-12-5-1-3-10(7-12)14(22)9-21-19-15(18-20-21)11-4-2-6-13(17)8-11/h1-8H,9H2. The number of rotatable bonds is 4. The number of carbonyl (C=O) groups excluding carboxylic acids is 1. The van der Waals surface area contributed by atoms with Crippen LogP contribution in [0.15, 0.2) is 48.5 Å². The van der Waals surface area contributed by atoms with Gasteiger partial charge in [-0.1, -0.05) is 24.3 Å². The Morgan fingerprint density at radius 3 is 2.50 bits per heavy atom. The quantitative estimate of drug-likeness (QED) is 0.695. The average molecular weight is 300 g/mol. The van der Waals surface area contributed by atoms with Gasteiger partial charge in [0.25, 0.3) is 0 Å². The van der Waals surface area contributed by atoms with Gasteiger partial charge in [-0.25, -0.2) is 8.78 Å². The second-order valence-corrected chi connectivity index (χ2v) is 4.59. The average Bonchev–Trinajstić information content (AvgIpc) is 2.96. The zero-order valence-corrected chi connectivity index (χ0v) is 11.3. The first kappa shape index (κ1) is 14.0. The zero-order chi connectivity index (χ0) is 15.5. The summed E-state index contributed by atoms with van der Waals surface area (Å²) < 4.78 is 26.2. The second kappa shape index (κ2) is 5.80. The minimum absolute atomic E-state index is 0.175. The van der Waals surface area contributed by atoms with Crippen molar-refractivity contribution in [2.75, 3.05) is 0 Å². The first-order chi connectivity index (χ1) is 10.6. The topological polar surface area (TPSA) is 60.7 Å². The lowest BCUT2D eigenvalue weighted by Gasteiger charge is -1.99. The van der Waals surface area contributed by atoms with E-state index in [1.54, 1.807) is 6.07 Å². The van der Waals surface area contributed by atoms with Crippen molar-refractivity contribution >= 4 is 5.78 Å². The lowest BCUT2D eigenvalue weighted by atomic mass is 10.1. The van der Waals surface area contributed by atoms with Gasteiger partial charge in [0.1, 0.15) is 18.2 Å². The molecular weight excluding hydrogens is 290 g/mol. The van der Waals surface area contributed by atoms with Crippen LogP contribution in [0.1, 0.15) is 10.4 Å². The first-order valence-electron chi connectivity index (χ1n) is 6.44. The third-order valence-corrected chi connectivity index (χ3v) is 2.97. The Kier molecular flexibility index (Phi) is 3.69. The van der Waals surface area contributed by atoms with Gasteiger partial charge < -0.3 is 0 Å². The van der Waals surface area contributed by atoms with Gasteiger partial charge in [-0.05, 0) is 29.5 Å². The van der Waals surface area contributed by atoms with Crippen LogP contribution >= 0.6 is 0 Å². The van der Waals surface area contributed by atoms with Gasteiger partial charge >= 0.3 is 0 Å². The SMILES string of the molecule is O=C(Cn1nnc(-c2cccc(F)c2)n1)c1cccc(F)c1. The normalized spacial score (nSPS) is 10.6. The van der Waals surface area contributed by atoms with E-state index in [0.29, 0.717) is 5.56 Å². The Hall–Kier alpha value is -2.96. The second-order valence-electron chi connectivity index (χ2n) is 4.59. The summed E-state index contributed by atoms with van der Waals surface area (Å²) in [7, 11) is 0. The molecule has 110 valence electrons. The molecule has 0 amide bonds. The Morgan fingerprint density at radius 2 is 1.77 bits per heavy atom. The number of Topliss-reactive ketones (excluding diaryl/α,β-unsaturated/α-hetero) is 1. The molecule has 3 rings (SSSR count). The zero-order valence-electron chi connectivity index (χ0n) is 11.3. The summed E-state index contributed by atoms with van der Waals surface area (Å²) in [6.45, 7) is -0.175. The molecule has 0 radical (unpaired) electrons. The van der Waals surface area contributed by atoms with E-state index in [4.69, 9.17) is 0 Å². The van der Waals surface area contributed by atoms with Crippen molar-refractivity contribution in [1.29, 1.82) is 0 Å². The third-order valence-electron chi connectivity index (χ3n) is 2.97. The van der Waals surface area contributed by atoms with Gasteiger partial charge in [0, 0.05) is 11.1 Å². The van der Waals surface area contributed by atoms with Gasteiger partial charge in [0.05, 0.1) is 0 Å². The highest BCUT2D eigenvalue weighted by Gasteiger charge is 2.12. The molecule has 7 heteroatoms. The highest BCUT2D eigenvalue weighted by molar-refractivity contribution is 5.95. The number of nitrogens with zero attached hydrogens (tertiary/aromatic N) is 4. The summed E-state index contributed by atoms with van der Waals surface area (Å²) in [5.74, 6) is -1.03. The Balaban J connectivity index is 1.78. The maximum atomic E-state index is 13.2. The van der Waals surface area contributed by atoms with Crippen LogP contribution in [-0.2, 0) is 6.54 Å². The molecule has 5 nitrogen and oxygen atoms in total. The van der Waals surface area contributed by atoms with Gasteiger partial charge in [-0.15, -0.1) is 10.2 Å². The van der Waals surface area contributed by atoms with Gasteiger partial charge in [-0.2, -0.15) is 4.80 Å². The number of halogens is 2. The van der Waals surface area contributed by atoms with Crippen molar-refractivity contribution in [3.05, 3.63) is 65.7 Å². The van der Waals surface area contributed by atoms with E-state index in [1.165, 1.54) is 36.4 Å². The monoisotopic (exact) mass is 300 g/mol. The highest BCUT2D eigenvalue weighted by Crippen LogP contribution is 2.14. The minimum atomic E-state index is -0.488. The van der Waals surface area contributed by atoms with E-state index in [0.717, 1.165) is 10.9 Å². The van der Waals surface area contributed by atoms with Crippen LogP contribution in [0.3, 0.4) is 0 Å². The van der Waals surface area contributed by atoms with Gasteiger partial charge in [-0.3, -0.25) is 4.79 Å². The number of hydrogen-bond donors (Lipinski definition) is 0. The number of hydrogen-bond acceptors (Lipinski definition) is 4. The molecule has 0 fully saturated rings. The van der Waals surface area contributed by atoms with Gasteiger partial charge in [0.2, 0.25) is 5.82 Å². The van der Waals surface area contributed by atoms with Crippen molar-refractivity contribution in [3.63, 3.8) is 0 Å². The number of ketones is 1. The molecule has 22 heavy (non-hydrogen) atoms. The number of aromatic nitrogens is 4. The van der Waals surface area contributed by atoms with Crippen LogP contribution in [0.4, 0.5) is 8.78 Å². The van der Waals surface area contributed by atoms with Crippen LogP contribution in [0.2, 0.25) is 0 Å². The van der Waals surface area contributed by atoms with E-state index in [1.807, 2.05) is 0 Å². The largest absolute Gasteiger partial charge is 0.292 e. The molecular formula is C15H10F2N4O. The number of tetrazole rings is 1. The van der Waals surface area contributed by atoms with E-state index < -0.39 is 11.6 Å². The lowest BCUT2D eigenvalue weighted by Crippen LogP contribution is -2.13. The molecule has 0 atom stereocenters. The molecule has 1 heterocycles. The summed E-state index contributed by atoms with van der Waals surface area (Å²) in [6, 6.07) is 11.1. The van der Waals surface area contributed by atoms with Gasteiger partial charge in [0.15, 0.2) is 5.78 Å². The van der Waals surface area contributed by atoms with Crippen LogP contribution in [0, 0.1) is 11.6 Å². The minimum Gasteiger partial charge on any atom is -0.292 e. The smallest absolute Gasteiger partial charge is 0.205 e. The molecule has 0 saturated heterocycles. The Labute approximate surface area is 124 Å².